The Morgan fingerprint density at radius 3 is 2.70 bits per heavy atom. The second kappa shape index (κ2) is 6.79. The number of hydrogen-bond donors (Lipinski definition) is 0. The van der Waals surface area contributed by atoms with Gasteiger partial charge in [0, 0.05) is 41.9 Å². The number of aromatic nitrogens is 2. The molecule has 0 N–H and O–H groups in total. The molecule has 1 aromatic heterocycles. The summed E-state index contributed by atoms with van der Waals surface area (Å²) in [5.74, 6) is 3.33. The van der Waals surface area contributed by atoms with E-state index in [2.05, 4.69) is 57.0 Å². The summed E-state index contributed by atoms with van der Waals surface area (Å²) in [6.45, 7) is 5.62. The number of piperidine rings is 3. The van der Waals surface area contributed by atoms with E-state index < -0.39 is 0 Å². The van der Waals surface area contributed by atoms with Crippen molar-refractivity contribution in [3.63, 3.8) is 0 Å². The van der Waals surface area contributed by atoms with Crippen LogP contribution in [0.1, 0.15) is 36.9 Å². The summed E-state index contributed by atoms with van der Waals surface area (Å²) in [5.41, 5.74) is 2.47. The summed E-state index contributed by atoms with van der Waals surface area (Å²) in [6, 6.07) is 11.9. The maximum Gasteiger partial charge on any atom is 0.132 e. The van der Waals surface area contributed by atoms with Crippen molar-refractivity contribution in [1.29, 1.82) is 0 Å². The van der Waals surface area contributed by atoms with Gasteiger partial charge in [0.15, 0.2) is 0 Å². The molecule has 5 heteroatoms. The van der Waals surface area contributed by atoms with Gasteiger partial charge < -0.3 is 9.64 Å². The molecule has 0 unspecified atom stereocenters. The number of para-hydroxylation sites is 1. The van der Waals surface area contributed by atoms with Gasteiger partial charge in [0.1, 0.15) is 17.9 Å². The fourth-order valence-corrected chi connectivity index (χ4v) is 5.66. The highest BCUT2D eigenvalue weighted by molar-refractivity contribution is 5.49. The smallest absolute Gasteiger partial charge is 0.132 e. The molecule has 3 atom stereocenters. The molecule has 0 radical (unpaired) electrons. The Bertz CT molecular complexity index is 817. The van der Waals surface area contributed by atoms with Crippen molar-refractivity contribution in [3.05, 3.63) is 47.9 Å². The van der Waals surface area contributed by atoms with Gasteiger partial charge in [-0.05, 0) is 44.3 Å². The molecule has 0 spiro atoms. The van der Waals surface area contributed by atoms with Crippen molar-refractivity contribution in [2.45, 2.75) is 44.2 Å². The van der Waals surface area contributed by atoms with Crippen LogP contribution in [0.4, 0.5) is 5.82 Å². The molecule has 4 aliphatic rings. The summed E-state index contributed by atoms with van der Waals surface area (Å²) in [5, 5.41) is 0. The van der Waals surface area contributed by atoms with Gasteiger partial charge in [-0.2, -0.15) is 0 Å². The maximum atomic E-state index is 5.73. The predicted octanol–water partition coefficient (Wildman–Crippen LogP) is 3.11. The quantitative estimate of drug-likeness (QED) is 0.834. The summed E-state index contributed by atoms with van der Waals surface area (Å²) < 4.78 is 5.73. The van der Waals surface area contributed by atoms with E-state index in [4.69, 9.17) is 4.74 Å². The zero-order valence-electron chi connectivity index (χ0n) is 16.2. The summed E-state index contributed by atoms with van der Waals surface area (Å²) in [7, 11) is 1.79. The largest absolute Gasteiger partial charge is 0.496 e. The number of hydrogen-bond acceptors (Lipinski definition) is 5. The first-order chi connectivity index (χ1) is 13.3. The molecule has 0 saturated carbocycles. The first-order valence-corrected chi connectivity index (χ1v) is 10.2. The number of aryl methyl sites for hydroxylation is 1. The van der Waals surface area contributed by atoms with Crippen molar-refractivity contribution in [3.8, 4) is 5.75 Å². The minimum absolute atomic E-state index is 0.453. The number of rotatable bonds is 4. The Balaban J connectivity index is 1.57. The molecule has 2 aromatic rings. The molecule has 1 aromatic carbocycles. The van der Waals surface area contributed by atoms with Crippen LogP contribution in [0.15, 0.2) is 36.7 Å². The fourth-order valence-electron chi connectivity index (χ4n) is 5.66. The topological polar surface area (TPSA) is 41.5 Å². The number of nitrogens with zero attached hydrogens (tertiary/aromatic N) is 4. The molecular weight excluding hydrogens is 336 g/mol. The lowest BCUT2D eigenvalue weighted by molar-refractivity contribution is 0.0352. The van der Waals surface area contributed by atoms with E-state index in [-0.39, 0.29) is 0 Å². The lowest BCUT2D eigenvalue weighted by Gasteiger charge is -2.51. The minimum atomic E-state index is 0.453. The van der Waals surface area contributed by atoms with E-state index in [1.54, 1.807) is 13.4 Å². The lowest BCUT2D eigenvalue weighted by atomic mass is 9.75. The molecule has 4 fully saturated rings. The molecule has 4 aliphatic heterocycles. The standard InChI is InChI=1S/C22H28N4O/c1-3-16-12-20(24-14-23-16)26-13-18(17-6-4-5-7-19(17)27-2)22-21(26)15-8-10-25(22)11-9-15/h4-7,12,14-15,18,21-22H,3,8-11,13H2,1-2H3/t18-,21+,22+/m0/s1. The number of methoxy groups -OCH3 is 1. The second-order valence-corrected chi connectivity index (χ2v) is 8.08. The second-order valence-electron chi connectivity index (χ2n) is 8.08. The Kier molecular flexibility index (Phi) is 4.27. The zero-order chi connectivity index (χ0) is 18.4. The summed E-state index contributed by atoms with van der Waals surface area (Å²) in [4.78, 5) is 14.4. The summed E-state index contributed by atoms with van der Waals surface area (Å²) in [6.07, 6.45) is 5.30. The van der Waals surface area contributed by atoms with Crippen molar-refractivity contribution in [2.24, 2.45) is 5.92 Å². The van der Waals surface area contributed by atoms with Crippen LogP contribution < -0.4 is 9.64 Å². The van der Waals surface area contributed by atoms with Gasteiger partial charge in [0.2, 0.25) is 0 Å². The predicted molar refractivity (Wildman–Crippen MR) is 106 cm³/mol. The van der Waals surface area contributed by atoms with E-state index >= 15 is 0 Å². The molecule has 2 bridgehead atoms. The molecule has 4 saturated heterocycles. The highest BCUT2D eigenvalue weighted by atomic mass is 16.5. The molecule has 5 heterocycles. The van der Waals surface area contributed by atoms with E-state index in [1.807, 2.05) is 0 Å². The third kappa shape index (κ3) is 2.71. The number of anilines is 1. The molecule has 27 heavy (non-hydrogen) atoms. The zero-order valence-corrected chi connectivity index (χ0v) is 16.2. The van der Waals surface area contributed by atoms with E-state index in [1.165, 1.54) is 31.5 Å². The number of fused-ring (bicyclic) bond motifs is 2. The van der Waals surface area contributed by atoms with Crippen LogP contribution in [0.5, 0.6) is 5.75 Å². The fraction of sp³-hybridized carbons (Fsp3) is 0.545. The van der Waals surface area contributed by atoms with Crippen molar-refractivity contribution in [2.75, 3.05) is 31.6 Å². The first kappa shape index (κ1) is 17.0. The number of benzene rings is 1. The minimum Gasteiger partial charge on any atom is -0.496 e. The van der Waals surface area contributed by atoms with E-state index in [9.17, 15) is 0 Å². The molecule has 5 nitrogen and oxygen atoms in total. The molecule has 6 rings (SSSR count). The molecule has 0 amide bonds. The van der Waals surface area contributed by atoms with Crippen LogP contribution >= 0.6 is 0 Å². The maximum absolute atomic E-state index is 5.73. The average molecular weight is 364 g/mol. The summed E-state index contributed by atoms with van der Waals surface area (Å²) >= 11 is 0. The number of ether oxygens (including phenoxy) is 1. The normalized spacial score (nSPS) is 31.8. The Morgan fingerprint density at radius 2 is 1.93 bits per heavy atom. The van der Waals surface area contributed by atoms with E-state index in [0.29, 0.717) is 18.0 Å². The average Bonchev–Trinajstić information content (AvgIpc) is 3.17. The van der Waals surface area contributed by atoms with Gasteiger partial charge in [-0.15, -0.1) is 0 Å². The SMILES string of the molecule is CCc1cc(N2C[C@@H](c3ccccc3OC)[C@@H]3[C@H]2C2CCN3CC2)ncn1. The Labute approximate surface area is 161 Å². The van der Waals surface area contributed by atoms with Crippen molar-refractivity contribution in [1.82, 2.24) is 14.9 Å². The third-order valence-electron chi connectivity index (χ3n) is 6.90. The van der Waals surface area contributed by atoms with Crippen LogP contribution in [0, 0.1) is 5.92 Å². The molecule has 142 valence electrons. The van der Waals surface area contributed by atoms with E-state index in [0.717, 1.165) is 36.1 Å². The van der Waals surface area contributed by atoms with Crippen LogP contribution in [0.25, 0.3) is 0 Å². The Morgan fingerprint density at radius 1 is 1.11 bits per heavy atom. The molecule has 0 aliphatic carbocycles. The van der Waals surface area contributed by atoms with Crippen molar-refractivity contribution < 1.29 is 4.74 Å². The Hall–Kier alpha value is -2.14. The van der Waals surface area contributed by atoms with Gasteiger partial charge >= 0.3 is 0 Å². The van der Waals surface area contributed by atoms with Crippen molar-refractivity contribution >= 4 is 5.82 Å². The van der Waals surface area contributed by atoms with Gasteiger partial charge in [-0.25, -0.2) is 9.97 Å². The highest BCUT2D eigenvalue weighted by Crippen LogP contribution is 2.49. The van der Waals surface area contributed by atoms with Gasteiger partial charge in [-0.3, -0.25) is 4.90 Å². The third-order valence-corrected chi connectivity index (χ3v) is 6.90. The monoisotopic (exact) mass is 364 g/mol. The van der Waals surface area contributed by atoms with Crippen LogP contribution in [-0.4, -0.2) is 53.7 Å². The van der Waals surface area contributed by atoms with Crippen LogP contribution in [-0.2, 0) is 6.42 Å². The van der Waals surface area contributed by atoms with Gasteiger partial charge in [-0.1, -0.05) is 25.1 Å². The van der Waals surface area contributed by atoms with Gasteiger partial charge in [0.05, 0.1) is 7.11 Å². The van der Waals surface area contributed by atoms with Crippen LogP contribution in [0.3, 0.4) is 0 Å². The molecular formula is C22H28N4O. The van der Waals surface area contributed by atoms with Gasteiger partial charge in [0.25, 0.3) is 0 Å². The highest BCUT2D eigenvalue weighted by Gasteiger charge is 2.54. The van der Waals surface area contributed by atoms with Crippen LogP contribution in [0.2, 0.25) is 0 Å². The lowest BCUT2D eigenvalue weighted by Crippen LogP contribution is -2.60. The first-order valence-electron chi connectivity index (χ1n) is 10.2.